The number of hydrogen-bond acceptors (Lipinski definition) is 2. The molecule has 0 spiro atoms. The van der Waals surface area contributed by atoms with Crippen molar-refractivity contribution in [3.8, 4) is 0 Å². The maximum absolute atomic E-state index is 12.0. The van der Waals surface area contributed by atoms with Crippen LogP contribution in [0.5, 0.6) is 0 Å². The molecule has 1 fully saturated rings. The van der Waals surface area contributed by atoms with E-state index in [4.69, 9.17) is 0 Å². The number of carbonyl (C=O) groups is 1. The van der Waals surface area contributed by atoms with Crippen molar-refractivity contribution < 1.29 is 4.79 Å². The van der Waals surface area contributed by atoms with Gasteiger partial charge in [0.15, 0.2) is 0 Å². The zero-order valence-electron chi connectivity index (χ0n) is 9.94. The van der Waals surface area contributed by atoms with Gasteiger partial charge in [-0.1, -0.05) is 12.8 Å². The fourth-order valence-corrected chi connectivity index (χ4v) is 2.48. The van der Waals surface area contributed by atoms with E-state index in [-0.39, 0.29) is 5.91 Å². The van der Waals surface area contributed by atoms with Crippen LogP contribution in [0.25, 0.3) is 0 Å². The predicted octanol–water partition coefficient (Wildman–Crippen LogP) is 2.44. The van der Waals surface area contributed by atoms with Gasteiger partial charge in [-0.3, -0.25) is 9.48 Å². The molecule has 0 bridgehead atoms. The average Bonchev–Trinajstić information content (AvgIpc) is 2.58. The molecule has 94 valence electrons. The number of halogens is 1. The van der Waals surface area contributed by atoms with Crippen LogP contribution in [0, 0.1) is 0 Å². The van der Waals surface area contributed by atoms with Crippen LogP contribution in [0.3, 0.4) is 0 Å². The van der Waals surface area contributed by atoms with E-state index in [2.05, 4.69) is 21.0 Å². The van der Waals surface area contributed by atoms with Gasteiger partial charge in [0.1, 0.15) is 0 Å². The van der Waals surface area contributed by atoms with E-state index in [0.29, 0.717) is 13.0 Å². The molecule has 0 N–H and O–H groups in total. The molecule has 2 rings (SSSR count). The molecule has 0 saturated carbocycles. The zero-order chi connectivity index (χ0) is 12.1. The topological polar surface area (TPSA) is 38.1 Å². The van der Waals surface area contributed by atoms with Crippen molar-refractivity contribution in [3.63, 3.8) is 0 Å². The Morgan fingerprint density at radius 1 is 1.29 bits per heavy atom. The third-order valence-corrected chi connectivity index (χ3v) is 3.52. The molecule has 4 nitrogen and oxygen atoms in total. The highest BCUT2D eigenvalue weighted by molar-refractivity contribution is 9.10. The second kappa shape index (κ2) is 6.19. The van der Waals surface area contributed by atoms with Crippen molar-refractivity contribution >= 4 is 21.8 Å². The van der Waals surface area contributed by atoms with Crippen molar-refractivity contribution in [2.45, 2.75) is 38.6 Å². The van der Waals surface area contributed by atoms with Crippen LogP contribution in [0.15, 0.2) is 16.9 Å². The summed E-state index contributed by atoms with van der Waals surface area (Å²) in [6.45, 7) is 2.53. The molecule has 0 unspecified atom stereocenters. The first-order chi connectivity index (χ1) is 8.25. The van der Waals surface area contributed by atoms with Crippen molar-refractivity contribution in [2.24, 2.45) is 0 Å². The Kier molecular flexibility index (Phi) is 4.59. The molecule has 1 amide bonds. The highest BCUT2D eigenvalue weighted by Crippen LogP contribution is 2.11. The lowest BCUT2D eigenvalue weighted by atomic mass is 10.2. The smallest absolute Gasteiger partial charge is 0.224 e. The van der Waals surface area contributed by atoms with Crippen LogP contribution in [-0.4, -0.2) is 33.7 Å². The highest BCUT2D eigenvalue weighted by atomic mass is 79.9. The van der Waals surface area contributed by atoms with E-state index in [1.807, 2.05) is 11.1 Å². The Hall–Kier alpha value is -0.840. The van der Waals surface area contributed by atoms with Crippen molar-refractivity contribution in [1.29, 1.82) is 0 Å². The van der Waals surface area contributed by atoms with E-state index in [0.717, 1.165) is 30.4 Å². The third kappa shape index (κ3) is 3.84. The van der Waals surface area contributed by atoms with E-state index in [1.54, 1.807) is 10.9 Å². The number of nitrogens with zero attached hydrogens (tertiary/aromatic N) is 3. The Labute approximate surface area is 110 Å². The van der Waals surface area contributed by atoms with E-state index < -0.39 is 0 Å². The van der Waals surface area contributed by atoms with Crippen LogP contribution >= 0.6 is 15.9 Å². The van der Waals surface area contributed by atoms with Gasteiger partial charge in [-0.25, -0.2) is 0 Å². The van der Waals surface area contributed by atoms with Crippen molar-refractivity contribution in [1.82, 2.24) is 14.7 Å². The Balaban J connectivity index is 1.79. The molecule has 5 heteroatoms. The summed E-state index contributed by atoms with van der Waals surface area (Å²) in [5.74, 6) is 0.263. The minimum absolute atomic E-state index is 0.263. The van der Waals surface area contributed by atoms with E-state index >= 15 is 0 Å². The van der Waals surface area contributed by atoms with E-state index in [9.17, 15) is 4.79 Å². The fraction of sp³-hybridized carbons (Fsp3) is 0.667. The van der Waals surface area contributed by atoms with Gasteiger partial charge in [0, 0.05) is 32.3 Å². The first-order valence-corrected chi connectivity index (χ1v) is 7.01. The number of rotatable bonds is 3. The third-order valence-electron chi connectivity index (χ3n) is 3.12. The first kappa shape index (κ1) is 12.6. The summed E-state index contributed by atoms with van der Waals surface area (Å²) in [4.78, 5) is 14.0. The fourth-order valence-electron chi connectivity index (χ4n) is 2.15. The summed E-state index contributed by atoms with van der Waals surface area (Å²) in [6, 6.07) is 0. The molecule has 1 aliphatic heterocycles. The lowest BCUT2D eigenvalue weighted by molar-refractivity contribution is -0.131. The van der Waals surface area contributed by atoms with Gasteiger partial charge in [0.25, 0.3) is 0 Å². The molecule has 1 aromatic heterocycles. The van der Waals surface area contributed by atoms with Crippen LogP contribution < -0.4 is 0 Å². The lowest BCUT2D eigenvalue weighted by Crippen LogP contribution is -2.32. The molecule has 0 atom stereocenters. The minimum atomic E-state index is 0.263. The maximum atomic E-state index is 12.0. The summed E-state index contributed by atoms with van der Waals surface area (Å²) in [6.07, 6.45) is 9.02. The molecule has 17 heavy (non-hydrogen) atoms. The minimum Gasteiger partial charge on any atom is -0.343 e. The first-order valence-electron chi connectivity index (χ1n) is 6.21. The van der Waals surface area contributed by atoms with Crippen LogP contribution in [0.2, 0.25) is 0 Å². The molecule has 0 aromatic carbocycles. The molecule has 2 heterocycles. The molecular formula is C12H18BrN3O. The van der Waals surface area contributed by atoms with Gasteiger partial charge >= 0.3 is 0 Å². The second-order valence-electron chi connectivity index (χ2n) is 4.47. The molecule has 0 aliphatic carbocycles. The summed E-state index contributed by atoms with van der Waals surface area (Å²) < 4.78 is 2.76. The molecule has 1 aliphatic rings. The van der Waals surface area contributed by atoms with Crippen molar-refractivity contribution in [2.75, 3.05) is 13.1 Å². The van der Waals surface area contributed by atoms with Crippen LogP contribution in [0.4, 0.5) is 0 Å². The second-order valence-corrected chi connectivity index (χ2v) is 5.38. The standard InChI is InChI=1S/C12H18BrN3O/c13-11-9-14-16(10-11)8-5-12(17)15-6-3-1-2-4-7-15/h9-10H,1-8H2. The van der Waals surface area contributed by atoms with Gasteiger partial charge < -0.3 is 4.90 Å². The number of hydrogen-bond donors (Lipinski definition) is 0. The Morgan fingerprint density at radius 2 is 2.00 bits per heavy atom. The molecule has 0 radical (unpaired) electrons. The largest absolute Gasteiger partial charge is 0.343 e. The average molecular weight is 300 g/mol. The lowest BCUT2D eigenvalue weighted by Gasteiger charge is -2.20. The predicted molar refractivity (Wildman–Crippen MR) is 69.6 cm³/mol. The zero-order valence-corrected chi connectivity index (χ0v) is 11.5. The monoisotopic (exact) mass is 299 g/mol. The number of aryl methyl sites for hydroxylation is 1. The van der Waals surface area contributed by atoms with Gasteiger partial charge in [-0.2, -0.15) is 5.10 Å². The maximum Gasteiger partial charge on any atom is 0.224 e. The van der Waals surface area contributed by atoms with Crippen molar-refractivity contribution in [3.05, 3.63) is 16.9 Å². The molecule has 1 aromatic rings. The normalized spacial score (nSPS) is 16.9. The number of likely N-dealkylation sites (tertiary alicyclic amines) is 1. The number of carbonyl (C=O) groups excluding carboxylic acids is 1. The number of amides is 1. The summed E-state index contributed by atoms with van der Waals surface area (Å²) in [5, 5.41) is 4.15. The molecule has 1 saturated heterocycles. The summed E-state index contributed by atoms with van der Waals surface area (Å²) in [7, 11) is 0. The van der Waals surface area contributed by atoms with Crippen LogP contribution in [-0.2, 0) is 11.3 Å². The van der Waals surface area contributed by atoms with Gasteiger partial charge in [-0.05, 0) is 28.8 Å². The van der Waals surface area contributed by atoms with Gasteiger partial charge in [0.2, 0.25) is 5.91 Å². The SMILES string of the molecule is O=C(CCn1cc(Br)cn1)N1CCCCCC1. The molecular weight excluding hydrogens is 282 g/mol. The Morgan fingerprint density at radius 3 is 2.59 bits per heavy atom. The summed E-state index contributed by atoms with van der Waals surface area (Å²) >= 11 is 3.35. The van der Waals surface area contributed by atoms with Crippen LogP contribution in [0.1, 0.15) is 32.1 Å². The Bertz CT molecular complexity index is 370. The van der Waals surface area contributed by atoms with Gasteiger partial charge in [-0.15, -0.1) is 0 Å². The van der Waals surface area contributed by atoms with E-state index in [1.165, 1.54) is 12.8 Å². The number of aromatic nitrogens is 2. The summed E-state index contributed by atoms with van der Waals surface area (Å²) in [5.41, 5.74) is 0. The quantitative estimate of drug-likeness (QED) is 0.860. The highest BCUT2D eigenvalue weighted by Gasteiger charge is 2.15. The van der Waals surface area contributed by atoms with Gasteiger partial charge in [0.05, 0.1) is 10.7 Å².